The van der Waals surface area contributed by atoms with Gasteiger partial charge in [-0.3, -0.25) is 4.79 Å². The van der Waals surface area contributed by atoms with E-state index in [0.29, 0.717) is 6.10 Å². The van der Waals surface area contributed by atoms with Gasteiger partial charge in [0.15, 0.2) is 5.82 Å². The number of methoxy groups -OCH3 is 1. The van der Waals surface area contributed by atoms with E-state index < -0.39 is 0 Å². The van der Waals surface area contributed by atoms with Crippen LogP contribution >= 0.6 is 0 Å². The molecule has 1 aliphatic heterocycles. The van der Waals surface area contributed by atoms with Gasteiger partial charge in [-0.2, -0.15) is 0 Å². The number of amides is 1. The van der Waals surface area contributed by atoms with Crippen molar-refractivity contribution in [3.63, 3.8) is 0 Å². The fraction of sp³-hybridized carbons (Fsp3) is 0.857. The highest BCUT2D eigenvalue weighted by Crippen LogP contribution is 2.26. The molecule has 3 rings (SSSR count). The van der Waals surface area contributed by atoms with Gasteiger partial charge in [-0.15, -0.1) is 5.10 Å². The minimum absolute atomic E-state index is 0.0776. The second kappa shape index (κ2) is 6.51. The van der Waals surface area contributed by atoms with Crippen molar-refractivity contribution in [3.05, 3.63) is 5.82 Å². The second-order valence-electron chi connectivity index (χ2n) is 6.03. The lowest BCUT2D eigenvalue weighted by atomic mass is 9.92. The van der Waals surface area contributed by atoms with Gasteiger partial charge in [-0.1, -0.05) is 6.42 Å². The second-order valence-corrected chi connectivity index (χ2v) is 6.03. The van der Waals surface area contributed by atoms with Crippen molar-refractivity contribution in [1.29, 1.82) is 0 Å². The SMILES string of the molecule is COC1CCC(NC(=O)C2CCCCn3nnnc32)CC1. The van der Waals surface area contributed by atoms with Crippen molar-refractivity contribution in [2.75, 3.05) is 7.11 Å². The highest BCUT2D eigenvalue weighted by molar-refractivity contribution is 5.83. The first-order valence-electron chi connectivity index (χ1n) is 7.87. The Balaban J connectivity index is 1.61. The molecule has 116 valence electrons. The smallest absolute Gasteiger partial charge is 0.231 e. The molecule has 1 aromatic rings. The zero-order chi connectivity index (χ0) is 14.7. The van der Waals surface area contributed by atoms with Crippen molar-refractivity contribution >= 4 is 5.91 Å². The third-order valence-electron chi connectivity index (χ3n) is 4.65. The monoisotopic (exact) mass is 293 g/mol. The standard InChI is InChI=1S/C14H23N5O2/c1-21-11-7-5-10(6-8-11)15-14(20)12-4-2-3-9-19-13(12)16-17-18-19/h10-12H,2-9H2,1H3,(H,15,20). The normalized spacial score (nSPS) is 29.5. The number of nitrogens with zero attached hydrogens (tertiary/aromatic N) is 4. The van der Waals surface area contributed by atoms with Gasteiger partial charge in [0.1, 0.15) is 0 Å². The summed E-state index contributed by atoms with van der Waals surface area (Å²) in [4.78, 5) is 12.6. The predicted octanol–water partition coefficient (Wildman–Crippen LogP) is 1.01. The molecule has 1 saturated carbocycles. The molecule has 7 heteroatoms. The minimum Gasteiger partial charge on any atom is -0.381 e. The Labute approximate surface area is 124 Å². The number of rotatable bonds is 3. The van der Waals surface area contributed by atoms with Crippen LogP contribution < -0.4 is 5.32 Å². The van der Waals surface area contributed by atoms with Crippen LogP contribution in [0.15, 0.2) is 0 Å². The molecule has 2 aliphatic rings. The molecule has 1 fully saturated rings. The topological polar surface area (TPSA) is 81.9 Å². The number of hydrogen-bond acceptors (Lipinski definition) is 5. The van der Waals surface area contributed by atoms with Gasteiger partial charge in [-0.25, -0.2) is 4.68 Å². The van der Waals surface area contributed by atoms with Gasteiger partial charge >= 0.3 is 0 Å². The van der Waals surface area contributed by atoms with Crippen LogP contribution in [0, 0.1) is 0 Å². The average molecular weight is 293 g/mol. The van der Waals surface area contributed by atoms with Gasteiger partial charge in [0.2, 0.25) is 5.91 Å². The number of nitrogens with one attached hydrogen (secondary N) is 1. The van der Waals surface area contributed by atoms with E-state index in [1.54, 1.807) is 11.8 Å². The maximum atomic E-state index is 12.6. The van der Waals surface area contributed by atoms with Gasteiger partial charge in [0.05, 0.1) is 12.0 Å². The molecule has 0 radical (unpaired) electrons. The molecule has 0 saturated heterocycles. The molecule has 21 heavy (non-hydrogen) atoms. The van der Waals surface area contributed by atoms with Crippen LogP contribution in [0.5, 0.6) is 0 Å². The van der Waals surface area contributed by atoms with Gasteiger partial charge in [-0.05, 0) is 49.0 Å². The first kappa shape index (κ1) is 14.4. The quantitative estimate of drug-likeness (QED) is 0.899. The predicted molar refractivity (Wildman–Crippen MR) is 75.6 cm³/mol. The molecule has 7 nitrogen and oxygen atoms in total. The highest BCUT2D eigenvalue weighted by Gasteiger charge is 2.30. The largest absolute Gasteiger partial charge is 0.381 e. The molecule has 0 bridgehead atoms. The number of aromatic nitrogens is 4. The number of fused-ring (bicyclic) bond motifs is 1. The molecule has 2 heterocycles. The van der Waals surface area contributed by atoms with Crippen LogP contribution in [0.4, 0.5) is 0 Å². The summed E-state index contributed by atoms with van der Waals surface area (Å²) in [5, 5.41) is 14.9. The molecule has 1 unspecified atom stereocenters. The summed E-state index contributed by atoms with van der Waals surface area (Å²) in [6, 6.07) is 0.261. The molecule has 1 N–H and O–H groups in total. The molecule has 1 aromatic heterocycles. The Bertz CT molecular complexity index is 481. The fourth-order valence-electron chi connectivity index (χ4n) is 3.35. The summed E-state index contributed by atoms with van der Waals surface area (Å²) >= 11 is 0. The van der Waals surface area contributed by atoms with E-state index in [2.05, 4.69) is 20.8 Å². The summed E-state index contributed by atoms with van der Waals surface area (Å²) in [7, 11) is 1.76. The van der Waals surface area contributed by atoms with Crippen LogP contribution in [0.1, 0.15) is 56.7 Å². The molecule has 1 atom stereocenters. The van der Waals surface area contributed by atoms with Gasteiger partial charge in [0.25, 0.3) is 0 Å². The molecule has 1 amide bonds. The fourth-order valence-corrected chi connectivity index (χ4v) is 3.35. The van der Waals surface area contributed by atoms with Crippen LogP contribution in [0.3, 0.4) is 0 Å². The summed E-state index contributed by atoms with van der Waals surface area (Å²) in [6.07, 6.45) is 7.25. The van der Waals surface area contributed by atoms with Crippen LogP contribution in [-0.2, 0) is 16.1 Å². The minimum atomic E-state index is -0.206. The number of aryl methyl sites for hydroxylation is 1. The number of carbonyl (C=O) groups excluding carboxylic acids is 1. The Kier molecular flexibility index (Phi) is 4.48. The Morgan fingerprint density at radius 3 is 2.81 bits per heavy atom. The van der Waals surface area contributed by atoms with E-state index in [4.69, 9.17) is 4.74 Å². The maximum absolute atomic E-state index is 12.6. The zero-order valence-electron chi connectivity index (χ0n) is 12.5. The lowest BCUT2D eigenvalue weighted by Crippen LogP contribution is -2.41. The third-order valence-corrected chi connectivity index (χ3v) is 4.65. The van der Waals surface area contributed by atoms with E-state index in [1.165, 1.54) is 0 Å². The zero-order valence-corrected chi connectivity index (χ0v) is 12.5. The molecular weight excluding hydrogens is 270 g/mol. The van der Waals surface area contributed by atoms with E-state index in [-0.39, 0.29) is 17.9 Å². The van der Waals surface area contributed by atoms with Crippen LogP contribution in [0.2, 0.25) is 0 Å². The van der Waals surface area contributed by atoms with E-state index >= 15 is 0 Å². The van der Waals surface area contributed by atoms with Gasteiger partial charge < -0.3 is 10.1 Å². The van der Waals surface area contributed by atoms with Crippen molar-refractivity contribution in [2.24, 2.45) is 0 Å². The van der Waals surface area contributed by atoms with Crippen molar-refractivity contribution < 1.29 is 9.53 Å². The lowest BCUT2D eigenvalue weighted by molar-refractivity contribution is -0.124. The molecule has 0 aromatic carbocycles. The average Bonchev–Trinajstić information content (AvgIpc) is 2.87. The Morgan fingerprint density at radius 1 is 1.24 bits per heavy atom. The van der Waals surface area contributed by atoms with Crippen molar-refractivity contribution in [2.45, 2.75) is 69.6 Å². The van der Waals surface area contributed by atoms with E-state index in [0.717, 1.165) is 57.3 Å². The highest BCUT2D eigenvalue weighted by atomic mass is 16.5. The summed E-state index contributed by atoms with van der Waals surface area (Å²) in [6.45, 7) is 0.811. The van der Waals surface area contributed by atoms with Crippen LogP contribution in [-0.4, -0.2) is 45.4 Å². The first-order chi connectivity index (χ1) is 10.3. The summed E-state index contributed by atoms with van der Waals surface area (Å²) in [5.74, 6) is 0.590. The number of ether oxygens (including phenoxy) is 1. The molecular formula is C14H23N5O2. The first-order valence-corrected chi connectivity index (χ1v) is 7.87. The Hall–Kier alpha value is -1.50. The van der Waals surface area contributed by atoms with Crippen molar-refractivity contribution in [3.8, 4) is 0 Å². The summed E-state index contributed by atoms with van der Waals surface area (Å²) < 4.78 is 7.15. The van der Waals surface area contributed by atoms with Gasteiger partial charge in [0, 0.05) is 19.7 Å². The number of tetrazole rings is 1. The Morgan fingerprint density at radius 2 is 2.05 bits per heavy atom. The third kappa shape index (κ3) is 3.23. The van der Waals surface area contributed by atoms with E-state index in [9.17, 15) is 4.79 Å². The number of carbonyl (C=O) groups is 1. The van der Waals surface area contributed by atoms with Crippen LogP contribution in [0.25, 0.3) is 0 Å². The summed E-state index contributed by atoms with van der Waals surface area (Å²) in [5.41, 5.74) is 0. The molecule has 0 spiro atoms. The lowest BCUT2D eigenvalue weighted by Gasteiger charge is -2.29. The van der Waals surface area contributed by atoms with Crippen molar-refractivity contribution in [1.82, 2.24) is 25.5 Å². The number of hydrogen-bond donors (Lipinski definition) is 1. The molecule has 1 aliphatic carbocycles. The van der Waals surface area contributed by atoms with E-state index in [1.807, 2.05) is 0 Å². The maximum Gasteiger partial charge on any atom is 0.231 e.